The van der Waals surface area contributed by atoms with Crippen molar-refractivity contribution in [3.8, 4) is 0 Å². The Morgan fingerprint density at radius 1 is 1.43 bits per heavy atom. The molecule has 0 aliphatic carbocycles. The molecule has 0 radical (unpaired) electrons. The Morgan fingerprint density at radius 3 is 2.50 bits per heavy atom. The summed E-state index contributed by atoms with van der Waals surface area (Å²) in [5.41, 5.74) is 1.79. The van der Waals surface area contributed by atoms with Gasteiger partial charge in [0.15, 0.2) is 5.78 Å². The van der Waals surface area contributed by atoms with E-state index in [0.29, 0.717) is 5.33 Å². The van der Waals surface area contributed by atoms with Gasteiger partial charge in [0.2, 0.25) is 0 Å². The Morgan fingerprint density at radius 2 is 2.07 bits per heavy atom. The van der Waals surface area contributed by atoms with Crippen LogP contribution >= 0.6 is 31.9 Å². The topological polar surface area (TPSA) is 20.3 Å². The Balaban J connectivity index is 3.06. The van der Waals surface area contributed by atoms with Gasteiger partial charge in [0, 0.05) is 24.1 Å². The molecule has 0 saturated heterocycles. The number of carbonyl (C=O) groups is 1. The molecule has 14 heavy (non-hydrogen) atoms. The summed E-state index contributed by atoms with van der Waals surface area (Å²) in [6.45, 7) is 0. The molecule has 0 spiro atoms. The van der Waals surface area contributed by atoms with Crippen LogP contribution in [0.15, 0.2) is 22.7 Å². The van der Waals surface area contributed by atoms with Gasteiger partial charge in [-0.05, 0) is 34.1 Å². The number of hydrogen-bond donors (Lipinski definition) is 0. The van der Waals surface area contributed by atoms with Crippen molar-refractivity contribution in [2.75, 3.05) is 24.3 Å². The monoisotopic (exact) mass is 319 g/mol. The van der Waals surface area contributed by atoms with Crippen LogP contribution in [0.4, 0.5) is 5.69 Å². The predicted octanol–water partition coefficient (Wildman–Crippen LogP) is 3.09. The molecule has 0 aliphatic rings. The number of anilines is 1. The van der Waals surface area contributed by atoms with E-state index in [4.69, 9.17) is 0 Å². The van der Waals surface area contributed by atoms with Crippen molar-refractivity contribution < 1.29 is 4.79 Å². The molecular formula is C10H11Br2NO. The van der Waals surface area contributed by atoms with Crippen LogP contribution in [0, 0.1) is 0 Å². The minimum absolute atomic E-state index is 0.0935. The second kappa shape index (κ2) is 4.94. The quantitative estimate of drug-likeness (QED) is 0.630. The molecule has 0 N–H and O–H groups in total. The highest BCUT2D eigenvalue weighted by molar-refractivity contribution is 9.10. The van der Waals surface area contributed by atoms with Crippen molar-refractivity contribution in [1.29, 1.82) is 0 Å². The second-order valence-corrected chi connectivity index (χ2v) is 4.53. The third-order valence-corrected chi connectivity index (χ3v) is 3.02. The first-order chi connectivity index (χ1) is 6.56. The summed E-state index contributed by atoms with van der Waals surface area (Å²) in [7, 11) is 3.93. The molecule has 0 aliphatic heterocycles. The van der Waals surface area contributed by atoms with Crippen LogP contribution in [0.1, 0.15) is 10.4 Å². The fourth-order valence-corrected chi connectivity index (χ4v) is 2.18. The summed E-state index contributed by atoms with van der Waals surface area (Å²) >= 11 is 6.58. The standard InChI is InChI=1S/C10H11Br2NO/c1-13(2)9-4-3-7(5-8(9)12)10(14)6-11/h3-5H,6H2,1-2H3. The Hall–Kier alpha value is -0.350. The predicted molar refractivity (Wildman–Crippen MR) is 66.6 cm³/mol. The summed E-state index contributed by atoms with van der Waals surface area (Å²) in [6, 6.07) is 5.61. The molecule has 1 aromatic carbocycles. The van der Waals surface area contributed by atoms with E-state index in [2.05, 4.69) is 31.9 Å². The Bertz CT molecular complexity index is 350. The normalized spacial score (nSPS) is 10.0. The molecule has 0 aromatic heterocycles. The molecule has 0 amide bonds. The van der Waals surface area contributed by atoms with E-state index >= 15 is 0 Å². The maximum atomic E-state index is 11.4. The number of halogens is 2. The minimum Gasteiger partial charge on any atom is -0.377 e. The maximum absolute atomic E-state index is 11.4. The van der Waals surface area contributed by atoms with Crippen molar-refractivity contribution in [3.05, 3.63) is 28.2 Å². The lowest BCUT2D eigenvalue weighted by Gasteiger charge is -2.14. The van der Waals surface area contributed by atoms with Gasteiger partial charge in [0.25, 0.3) is 0 Å². The van der Waals surface area contributed by atoms with E-state index in [1.807, 2.05) is 37.2 Å². The molecule has 76 valence electrons. The second-order valence-electron chi connectivity index (χ2n) is 3.12. The number of carbonyl (C=O) groups excluding carboxylic acids is 1. The molecule has 0 bridgehead atoms. The summed E-state index contributed by atoms with van der Waals surface area (Å²) in [5, 5.41) is 0.362. The zero-order valence-corrected chi connectivity index (χ0v) is 11.2. The van der Waals surface area contributed by atoms with Gasteiger partial charge < -0.3 is 4.90 Å². The summed E-state index contributed by atoms with van der Waals surface area (Å²) < 4.78 is 0.939. The summed E-state index contributed by atoms with van der Waals surface area (Å²) in [6.07, 6.45) is 0. The first-order valence-electron chi connectivity index (χ1n) is 4.12. The lowest BCUT2D eigenvalue weighted by Crippen LogP contribution is -2.10. The van der Waals surface area contributed by atoms with Crippen molar-refractivity contribution in [1.82, 2.24) is 0 Å². The van der Waals surface area contributed by atoms with E-state index in [0.717, 1.165) is 15.7 Å². The number of rotatable bonds is 3. The van der Waals surface area contributed by atoms with Gasteiger partial charge >= 0.3 is 0 Å². The van der Waals surface area contributed by atoms with Gasteiger partial charge in [-0.1, -0.05) is 15.9 Å². The van der Waals surface area contributed by atoms with Crippen LogP contribution in [0.25, 0.3) is 0 Å². The van der Waals surface area contributed by atoms with Crippen molar-refractivity contribution in [2.45, 2.75) is 0 Å². The number of hydrogen-bond acceptors (Lipinski definition) is 2. The minimum atomic E-state index is 0.0935. The molecule has 0 fully saturated rings. The highest BCUT2D eigenvalue weighted by Gasteiger charge is 2.07. The molecular weight excluding hydrogens is 310 g/mol. The first kappa shape index (κ1) is 11.7. The third kappa shape index (κ3) is 2.58. The summed E-state index contributed by atoms with van der Waals surface area (Å²) in [5.74, 6) is 0.0935. The van der Waals surface area contributed by atoms with Gasteiger partial charge in [-0.25, -0.2) is 0 Å². The van der Waals surface area contributed by atoms with Crippen LogP contribution in [-0.4, -0.2) is 25.2 Å². The van der Waals surface area contributed by atoms with Crippen LogP contribution < -0.4 is 4.90 Å². The van der Waals surface area contributed by atoms with Gasteiger partial charge in [-0.3, -0.25) is 4.79 Å². The number of nitrogens with zero attached hydrogens (tertiary/aromatic N) is 1. The molecule has 0 atom stereocenters. The number of benzene rings is 1. The average molecular weight is 321 g/mol. The zero-order valence-electron chi connectivity index (χ0n) is 8.05. The Kier molecular flexibility index (Phi) is 4.13. The van der Waals surface area contributed by atoms with E-state index in [1.54, 1.807) is 0 Å². The maximum Gasteiger partial charge on any atom is 0.173 e. The fraction of sp³-hybridized carbons (Fsp3) is 0.300. The van der Waals surface area contributed by atoms with Gasteiger partial charge in [0.1, 0.15) is 0 Å². The molecule has 1 rings (SSSR count). The first-order valence-corrected chi connectivity index (χ1v) is 6.03. The smallest absolute Gasteiger partial charge is 0.173 e. The van der Waals surface area contributed by atoms with Gasteiger partial charge in [-0.15, -0.1) is 0 Å². The van der Waals surface area contributed by atoms with Gasteiger partial charge in [-0.2, -0.15) is 0 Å². The third-order valence-electron chi connectivity index (χ3n) is 1.87. The molecule has 1 aromatic rings. The van der Waals surface area contributed by atoms with Crippen molar-refractivity contribution >= 4 is 43.3 Å². The SMILES string of the molecule is CN(C)c1ccc(C(=O)CBr)cc1Br. The molecule has 4 heteroatoms. The zero-order chi connectivity index (χ0) is 10.7. The molecule has 0 saturated carbocycles. The van der Waals surface area contributed by atoms with E-state index in [-0.39, 0.29) is 5.78 Å². The Labute approximate surface area is 101 Å². The number of alkyl halides is 1. The lowest BCUT2D eigenvalue weighted by molar-refractivity contribution is 0.102. The lowest BCUT2D eigenvalue weighted by atomic mass is 10.1. The number of Topliss-reactive ketones (excluding diaryl/α,β-unsaturated/α-hetero) is 1. The van der Waals surface area contributed by atoms with E-state index in [1.165, 1.54) is 0 Å². The molecule has 2 nitrogen and oxygen atoms in total. The highest BCUT2D eigenvalue weighted by Crippen LogP contribution is 2.25. The van der Waals surface area contributed by atoms with E-state index in [9.17, 15) is 4.79 Å². The molecule has 0 unspecified atom stereocenters. The number of ketones is 1. The van der Waals surface area contributed by atoms with Crippen molar-refractivity contribution in [3.63, 3.8) is 0 Å². The van der Waals surface area contributed by atoms with Gasteiger partial charge in [0.05, 0.1) is 11.0 Å². The average Bonchev–Trinajstić information content (AvgIpc) is 2.15. The highest BCUT2D eigenvalue weighted by atomic mass is 79.9. The van der Waals surface area contributed by atoms with Crippen LogP contribution in [0.2, 0.25) is 0 Å². The van der Waals surface area contributed by atoms with E-state index < -0.39 is 0 Å². The van der Waals surface area contributed by atoms with Crippen LogP contribution in [0.5, 0.6) is 0 Å². The van der Waals surface area contributed by atoms with Crippen molar-refractivity contribution in [2.24, 2.45) is 0 Å². The summed E-state index contributed by atoms with van der Waals surface area (Å²) in [4.78, 5) is 13.4. The largest absolute Gasteiger partial charge is 0.377 e. The molecule has 0 heterocycles. The fourth-order valence-electron chi connectivity index (χ4n) is 1.12. The van der Waals surface area contributed by atoms with Crippen LogP contribution in [0.3, 0.4) is 0 Å². The van der Waals surface area contributed by atoms with Crippen LogP contribution in [-0.2, 0) is 0 Å².